The number of morpholine rings is 1. The molecule has 1 atom stereocenters. The number of nitrogen functional groups attached to an aromatic ring is 1. The summed E-state index contributed by atoms with van der Waals surface area (Å²) < 4.78 is 5.25. The van der Waals surface area contributed by atoms with E-state index in [2.05, 4.69) is 15.2 Å². The number of nitrogens with one attached hydrogen (secondary N) is 1. The minimum Gasteiger partial charge on any atom is -0.378 e. The Morgan fingerprint density at radius 3 is 2.71 bits per heavy atom. The van der Waals surface area contributed by atoms with Gasteiger partial charge in [-0.3, -0.25) is 14.7 Å². The van der Waals surface area contributed by atoms with Crippen LogP contribution >= 0.6 is 0 Å². The smallest absolute Gasteiger partial charge is 0.291 e. The molecule has 0 aromatic carbocycles. The molecule has 3 heterocycles. The Hall–Kier alpha value is -2.16. The maximum Gasteiger partial charge on any atom is 0.291 e. The molecule has 3 N–H and O–H groups in total. The van der Waals surface area contributed by atoms with Gasteiger partial charge >= 0.3 is 0 Å². The highest BCUT2D eigenvalue weighted by Crippen LogP contribution is 2.21. The van der Waals surface area contributed by atoms with Crippen LogP contribution < -0.4 is 5.73 Å². The summed E-state index contributed by atoms with van der Waals surface area (Å²) in [6, 6.07) is -0.429. The van der Waals surface area contributed by atoms with E-state index in [0.29, 0.717) is 39.3 Å². The predicted molar refractivity (Wildman–Crippen MR) is 72.3 cm³/mol. The van der Waals surface area contributed by atoms with Gasteiger partial charge in [0.1, 0.15) is 6.04 Å². The van der Waals surface area contributed by atoms with Gasteiger partial charge in [0.15, 0.2) is 0 Å². The lowest BCUT2D eigenvalue weighted by molar-refractivity contribution is -0.139. The molecule has 21 heavy (non-hydrogen) atoms. The number of nitrogens with two attached hydrogens (primary N) is 1. The highest BCUT2D eigenvalue weighted by molar-refractivity contribution is 5.95. The molecule has 0 bridgehead atoms. The number of hydrogen-bond acceptors (Lipinski definition) is 6. The van der Waals surface area contributed by atoms with Gasteiger partial charge < -0.3 is 20.3 Å². The molecule has 2 aliphatic heterocycles. The van der Waals surface area contributed by atoms with Gasteiger partial charge in [0, 0.05) is 19.6 Å². The second-order valence-corrected chi connectivity index (χ2v) is 5.14. The van der Waals surface area contributed by atoms with Crippen molar-refractivity contribution >= 4 is 17.8 Å². The number of ether oxygens (including phenoxy) is 1. The third-order valence-electron chi connectivity index (χ3n) is 3.83. The molecular weight excluding hydrogens is 276 g/mol. The topological polar surface area (TPSA) is 117 Å². The zero-order valence-corrected chi connectivity index (χ0v) is 11.6. The van der Waals surface area contributed by atoms with E-state index < -0.39 is 6.04 Å². The third-order valence-corrected chi connectivity index (χ3v) is 3.83. The summed E-state index contributed by atoms with van der Waals surface area (Å²) >= 11 is 0. The summed E-state index contributed by atoms with van der Waals surface area (Å²) in [5.74, 6) is -0.247. The minimum absolute atomic E-state index is 0.0170. The number of nitrogens with zero attached hydrogens (tertiary/aromatic N) is 4. The maximum absolute atomic E-state index is 12.6. The van der Waals surface area contributed by atoms with Crippen LogP contribution in [-0.2, 0) is 9.53 Å². The fourth-order valence-corrected chi connectivity index (χ4v) is 2.77. The number of rotatable bonds is 2. The van der Waals surface area contributed by atoms with E-state index in [0.717, 1.165) is 6.42 Å². The standard InChI is InChI=1S/C12H18N6O3/c13-12-14-9(15-16-12)11(20)18-3-1-2-8(18)10(19)17-4-6-21-7-5-17/h8H,1-7H2,(H3,13,14,15,16). The van der Waals surface area contributed by atoms with Crippen LogP contribution in [0.15, 0.2) is 0 Å². The normalized spacial score (nSPS) is 22.6. The highest BCUT2D eigenvalue weighted by Gasteiger charge is 2.38. The molecular formula is C12H18N6O3. The molecule has 0 spiro atoms. The quantitative estimate of drug-likeness (QED) is 0.711. The van der Waals surface area contributed by atoms with Crippen molar-refractivity contribution in [2.45, 2.75) is 18.9 Å². The molecule has 2 saturated heterocycles. The molecule has 2 amide bonds. The van der Waals surface area contributed by atoms with Crippen molar-refractivity contribution in [1.29, 1.82) is 0 Å². The molecule has 0 saturated carbocycles. The zero-order chi connectivity index (χ0) is 14.8. The lowest BCUT2D eigenvalue weighted by atomic mass is 10.2. The fraction of sp³-hybridized carbons (Fsp3) is 0.667. The average molecular weight is 294 g/mol. The Morgan fingerprint density at radius 2 is 2.05 bits per heavy atom. The van der Waals surface area contributed by atoms with Crippen LogP contribution in [0.3, 0.4) is 0 Å². The van der Waals surface area contributed by atoms with E-state index in [1.807, 2.05) is 0 Å². The van der Waals surface area contributed by atoms with Crippen molar-refractivity contribution in [3.05, 3.63) is 5.82 Å². The van der Waals surface area contributed by atoms with E-state index in [1.165, 1.54) is 0 Å². The second kappa shape index (κ2) is 5.68. The number of hydrogen-bond donors (Lipinski definition) is 2. The van der Waals surface area contributed by atoms with Crippen LogP contribution in [-0.4, -0.2) is 75.7 Å². The molecule has 1 aromatic rings. The van der Waals surface area contributed by atoms with Crippen LogP contribution in [0.25, 0.3) is 0 Å². The number of amides is 2. The molecule has 1 unspecified atom stereocenters. The molecule has 0 aliphatic carbocycles. The predicted octanol–water partition coefficient (Wildman–Crippen LogP) is -1.15. The van der Waals surface area contributed by atoms with Gasteiger partial charge in [-0.25, -0.2) is 0 Å². The summed E-state index contributed by atoms with van der Waals surface area (Å²) in [7, 11) is 0. The van der Waals surface area contributed by atoms with E-state index in [9.17, 15) is 9.59 Å². The number of carbonyl (C=O) groups excluding carboxylic acids is 2. The van der Waals surface area contributed by atoms with Gasteiger partial charge in [-0.05, 0) is 12.8 Å². The summed E-state index contributed by atoms with van der Waals surface area (Å²) in [6.07, 6.45) is 1.47. The molecule has 0 radical (unpaired) electrons. The third kappa shape index (κ3) is 2.68. The fourth-order valence-electron chi connectivity index (χ4n) is 2.77. The van der Waals surface area contributed by atoms with Gasteiger partial charge in [-0.1, -0.05) is 0 Å². The summed E-state index contributed by atoms with van der Waals surface area (Å²) in [5.41, 5.74) is 5.41. The number of H-pyrrole nitrogens is 1. The number of carbonyl (C=O) groups is 2. The van der Waals surface area contributed by atoms with Crippen LogP contribution in [0.5, 0.6) is 0 Å². The average Bonchev–Trinajstić information content (AvgIpc) is 3.15. The highest BCUT2D eigenvalue weighted by atomic mass is 16.5. The molecule has 2 fully saturated rings. The maximum atomic E-state index is 12.6. The van der Waals surface area contributed by atoms with Crippen molar-refractivity contribution in [3.8, 4) is 0 Å². The van der Waals surface area contributed by atoms with Crippen molar-refractivity contribution in [2.75, 3.05) is 38.6 Å². The Labute approximate surface area is 121 Å². The first-order valence-electron chi connectivity index (χ1n) is 7.02. The molecule has 9 heteroatoms. The Balaban J connectivity index is 1.72. The molecule has 3 rings (SSSR count). The number of anilines is 1. The van der Waals surface area contributed by atoms with Crippen molar-refractivity contribution in [1.82, 2.24) is 25.0 Å². The van der Waals surface area contributed by atoms with Crippen LogP contribution in [0.1, 0.15) is 23.5 Å². The van der Waals surface area contributed by atoms with Crippen LogP contribution in [0.4, 0.5) is 5.95 Å². The van der Waals surface area contributed by atoms with Gasteiger partial charge in [-0.15, -0.1) is 5.10 Å². The minimum atomic E-state index is -0.429. The van der Waals surface area contributed by atoms with Gasteiger partial charge in [0.25, 0.3) is 5.91 Å². The van der Waals surface area contributed by atoms with E-state index in [1.54, 1.807) is 9.80 Å². The molecule has 9 nitrogen and oxygen atoms in total. The first kappa shape index (κ1) is 13.8. The number of aromatic nitrogens is 3. The lowest BCUT2D eigenvalue weighted by Gasteiger charge is -2.32. The molecule has 2 aliphatic rings. The monoisotopic (exact) mass is 294 g/mol. The first-order chi connectivity index (χ1) is 10.2. The number of aromatic amines is 1. The summed E-state index contributed by atoms with van der Waals surface area (Å²) in [5, 5.41) is 6.15. The second-order valence-electron chi connectivity index (χ2n) is 5.14. The van der Waals surface area contributed by atoms with E-state index in [4.69, 9.17) is 10.5 Å². The van der Waals surface area contributed by atoms with Crippen molar-refractivity contribution in [2.24, 2.45) is 0 Å². The molecule has 1 aromatic heterocycles. The molecule has 114 valence electrons. The Morgan fingerprint density at radius 1 is 1.29 bits per heavy atom. The number of likely N-dealkylation sites (tertiary alicyclic amines) is 1. The van der Waals surface area contributed by atoms with Crippen molar-refractivity contribution in [3.63, 3.8) is 0 Å². The SMILES string of the molecule is Nc1n[nH]c(C(=O)N2CCCC2C(=O)N2CCOCC2)n1. The summed E-state index contributed by atoms with van der Waals surface area (Å²) in [6.45, 7) is 2.79. The van der Waals surface area contributed by atoms with E-state index >= 15 is 0 Å². The van der Waals surface area contributed by atoms with Gasteiger partial charge in [0.05, 0.1) is 13.2 Å². The lowest BCUT2D eigenvalue weighted by Crippen LogP contribution is -2.51. The zero-order valence-electron chi connectivity index (χ0n) is 11.6. The largest absolute Gasteiger partial charge is 0.378 e. The van der Waals surface area contributed by atoms with Gasteiger partial charge in [-0.2, -0.15) is 4.98 Å². The first-order valence-corrected chi connectivity index (χ1v) is 7.02. The van der Waals surface area contributed by atoms with E-state index in [-0.39, 0.29) is 23.6 Å². The Bertz CT molecular complexity index is 539. The van der Waals surface area contributed by atoms with Crippen LogP contribution in [0.2, 0.25) is 0 Å². The Kier molecular flexibility index (Phi) is 3.74. The van der Waals surface area contributed by atoms with Crippen molar-refractivity contribution < 1.29 is 14.3 Å². The van der Waals surface area contributed by atoms with Crippen LogP contribution in [0, 0.1) is 0 Å². The van der Waals surface area contributed by atoms with Gasteiger partial charge in [0.2, 0.25) is 17.7 Å². The summed E-state index contributed by atoms with van der Waals surface area (Å²) in [4.78, 5) is 32.1.